The number of alkyl halides is 9. The highest BCUT2D eigenvalue weighted by atomic mass is 32.2. The second kappa shape index (κ2) is 6.43. The molecule has 0 radical (unpaired) electrons. The van der Waals surface area contributed by atoms with Gasteiger partial charge in [0.1, 0.15) is 0 Å². The third-order valence-electron chi connectivity index (χ3n) is 3.38. The van der Waals surface area contributed by atoms with Crippen molar-refractivity contribution in [3.63, 3.8) is 0 Å². The Kier molecular flexibility index (Phi) is 5.01. The SMILES string of the molecule is O=S(=O)(c1cccc(C(F)(F)F)c1)c1ccc(C(F)(F)F)c(C(F)(F)F)c1. The lowest BCUT2D eigenvalue weighted by molar-refractivity contribution is -0.162. The van der Waals surface area contributed by atoms with E-state index in [-0.39, 0.29) is 24.3 Å². The quantitative estimate of drug-likeness (QED) is 0.593. The summed E-state index contributed by atoms with van der Waals surface area (Å²) < 4.78 is 140. The van der Waals surface area contributed by atoms with Crippen molar-refractivity contribution in [3.8, 4) is 0 Å². The van der Waals surface area contributed by atoms with Crippen LogP contribution in [-0.2, 0) is 28.4 Å². The summed E-state index contributed by atoms with van der Waals surface area (Å²) in [5.74, 6) is 0. The average molecular weight is 422 g/mol. The predicted molar refractivity (Wildman–Crippen MR) is 73.3 cm³/mol. The summed E-state index contributed by atoms with van der Waals surface area (Å²) >= 11 is 0. The lowest BCUT2D eigenvalue weighted by atomic mass is 10.1. The molecule has 0 N–H and O–H groups in total. The van der Waals surface area contributed by atoms with Crippen LogP contribution in [0.2, 0.25) is 0 Å². The molecule has 0 amide bonds. The zero-order chi connectivity index (χ0) is 20.8. The second-order valence-electron chi connectivity index (χ2n) is 5.23. The van der Waals surface area contributed by atoms with Crippen molar-refractivity contribution < 1.29 is 47.9 Å². The fraction of sp³-hybridized carbons (Fsp3) is 0.200. The van der Waals surface area contributed by atoms with E-state index >= 15 is 0 Å². The Bertz CT molecular complexity index is 954. The van der Waals surface area contributed by atoms with Crippen molar-refractivity contribution in [3.05, 3.63) is 59.2 Å². The van der Waals surface area contributed by atoms with Crippen LogP contribution in [0.25, 0.3) is 0 Å². The summed E-state index contributed by atoms with van der Waals surface area (Å²) in [5.41, 5.74) is -5.76. The third-order valence-corrected chi connectivity index (χ3v) is 5.13. The van der Waals surface area contributed by atoms with Crippen molar-refractivity contribution in [2.24, 2.45) is 0 Å². The van der Waals surface area contributed by atoms with Gasteiger partial charge in [-0.15, -0.1) is 0 Å². The van der Waals surface area contributed by atoms with Crippen LogP contribution in [0.5, 0.6) is 0 Å². The van der Waals surface area contributed by atoms with E-state index in [1.165, 1.54) is 0 Å². The zero-order valence-electron chi connectivity index (χ0n) is 12.7. The number of rotatable bonds is 2. The Labute approximate surface area is 146 Å². The molecular formula is C15H7F9O2S. The van der Waals surface area contributed by atoms with Crippen LogP contribution in [0, 0.1) is 0 Å². The normalized spacial score (nSPS) is 13.7. The zero-order valence-corrected chi connectivity index (χ0v) is 13.5. The van der Waals surface area contributed by atoms with Gasteiger partial charge in [-0.25, -0.2) is 8.42 Å². The number of halogens is 9. The van der Waals surface area contributed by atoms with Gasteiger partial charge in [-0.3, -0.25) is 0 Å². The summed E-state index contributed by atoms with van der Waals surface area (Å²) in [4.78, 5) is -2.23. The van der Waals surface area contributed by atoms with E-state index in [9.17, 15) is 47.9 Å². The first kappa shape index (κ1) is 21.1. The van der Waals surface area contributed by atoms with Crippen LogP contribution in [0.3, 0.4) is 0 Å². The molecular weight excluding hydrogens is 415 g/mol. The van der Waals surface area contributed by atoms with E-state index in [0.717, 1.165) is 0 Å². The Morgan fingerprint density at radius 1 is 0.593 bits per heavy atom. The van der Waals surface area contributed by atoms with Gasteiger partial charge in [0.25, 0.3) is 0 Å². The fourth-order valence-electron chi connectivity index (χ4n) is 2.15. The van der Waals surface area contributed by atoms with Gasteiger partial charge in [-0.05, 0) is 36.4 Å². The maximum Gasteiger partial charge on any atom is 0.417 e. The van der Waals surface area contributed by atoms with E-state index in [0.29, 0.717) is 18.2 Å². The van der Waals surface area contributed by atoms with Crippen LogP contribution >= 0.6 is 0 Å². The minimum atomic E-state index is -5.54. The van der Waals surface area contributed by atoms with Crippen LogP contribution in [0.4, 0.5) is 39.5 Å². The molecule has 2 nitrogen and oxygen atoms in total. The predicted octanol–water partition coefficient (Wildman–Crippen LogP) is 5.58. The summed E-state index contributed by atoms with van der Waals surface area (Å²) in [6, 6.07) is 2.04. The van der Waals surface area contributed by atoms with Gasteiger partial charge >= 0.3 is 18.5 Å². The molecule has 0 aromatic heterocycles. The minimum Gasteiger partial charge on any atom is -0.219 e. The Hall–Kier alpha value is -2.24. The van der Waals surface area contributed by atoms with Gasteiger partial charge in [-0.2, -0.15) is 39.5 Å². The van der Waals surface area contributed by atoms with Crippen molar-refractivity contribution in [2.45, 2.75) is 28.3 Å². The second-order valence-corrected chi connectivity index (χ2v) is 7.18. The summed E-state index contributed by atoms with van der Waals surface area (Å²) in [5, 5.41) is 0. The summed E-state index contributed by atoms with van der Waals surface area (Å²) in [7, 11) is -4.93. The molecule has 12 heteroatoms. The number of benzene rings is 2. The molecule has 0 aliphatic rings. The molecule has 2 aromatic rings. The molecule has 27 heavy (non-hydrogen) atoms. The molecule has 2 aromatic carbocycles. The van der Waals surface area contributed by atoms with Gasteiger partial charge in [-0.1, -0.05) is 6.07 Å². The van der Waals surface area contributed by atoms with E-state index in [1.54, 1.807) is 0 Å². The Balaban J connectivity index is 2.68. The Morgan fingerprint density at radius 2 is 1.11 bits per heavy atom. The number of hydrogen-bond donors (Lipinski definition) is 0. The Morgan fingerprint density at radius 3 is 1.59 bits per heavy atom. The fourth-order valence-corrected chi connectivity index (χ4v) is 3.48. The topological polar surface area (TPSA) is 34.1 Å². The average Bonchev–Trinajstić information content (AvgIpc) is 2.52. The first-order chi connectivity index (χ1) is 12.0. The molecule has 0 spiro atoms. The molecule has 2 rings (SSSR count). The highest BCUT2D eigenvalue weighted by molar-refractivity contribution is 7.91. The van der Waals surface area contributed by atoms with Crippen LogP contribution in [0.15, 0.2) is 52.3 Å². The highest BCUT2D eigenvalue weighted by Crippen LogP contribution is 2.42. The van der Waals surface area contributed by atoms with E-state index in [4.69, 9.17) is 0 Å². The minimum absolute atomic E-state index is 0.0800. The molecule has 0 saturated heterocycles. The third kappa shape index (κ3) is 4.37. The van der Waals surface area contributed by atoms with Gasteiger partial charge in [0.2, 0.25) is 9.84 Å². The van der Waals surface area contributed by atoms with Crippen molar-refractivity contribution >= 4 is 9.84 Å². The van der Waals surface area contributed by atoms with Crippen LogP contribution in [-0.4, -0.2) is 8.42 Å². The summed E-state index contributed by atoms with van der Waals surface area (Å²) in [6.07, 6.45) is -15.9. The van der Waals surface area contributed by atoms with E-state index in [1.807, 2.05) is 0 Å². The number of sulfone groups is 1. The van der Waals surface area contributed by atoms with Gasteiger partial charge in [0, 0.05) is 0 Å². The molecule has 148 valence electrons. The van der Waals surface area contributed by atoms with Crippen molar-refractivity contribution in [2.75, 3.05) is 0 Å². The van der Waals surface area contributed by atoms with Gasteiger partial charge < -0.3 is 0 Å². The molecule has 0 fully saturated rings. The van der Waals surface area contributed by atoms with Crippen molar-refractivity contribution in [1.82, 2.24) is 0 Å². The molecule has 0 atom stereocenters. The standard InChI is InChI=1S/C15H7F9O2S/c16-13(17,18)8-2-1-3-9(6-8)27(25,26)10-4-5-11(14(19,20)21)12(7-10)15(22,23)24/h1-7H. The van der Waals surface area contributed by atoms with E-state index in [2.05, 4.69) is 0 Å². The lowest BCUT2D eigenvalue weighted by Gasteiger charge is -2.17. The maximum atomic E-state index is 12.9. The van der Waals surface area contributed by atoms with Crippen molar-refractivity contribution in [1.29, 1.82) is 0 Å². The molecule has 0 aliphatic carbocycles. The first-order valence-corrected chi connectivity index (χ1v) is 8.23. The highest BCUT2D eigenvalue weighted by Gasteiger charge is 2.44. The summed E-state index contributed by atoms with van der Waals surface area (Å²) in [6.45, 7) is 0. The maximum absolute atomic E-state index is 12.9. The number of hydrogen-bond acceptors (Lipinski definition) is 2. The van der Waals surface area contributed by atoms with Gasteiger partial charge in [0.05, 0.1) is 26.5 Å². The molecule has 0 saturated carbocycles. The van der Waals surface area contributed by atoms with E-state index < -0.39 is 54.8 Å². The van der Waals surface area contributed by atoms with Crippen LogP contribution < -0.4 is 0 Å². The lowest BCUT2D eigenvalue weighted by Crippen LogP contribution is -2.17. The molecule has 0 bridgehead atoms. The first-order valence-electron chi connectivity index (χ1n) is 6.75. The largest absolute Gasteiger partial charge is 0.417 e. The molecule has 0 heterocycles. The van der Waals surface area contributed by atoms with Gasteiger partial charge in [0.15, 0.2) is 0 Å². The smallest absolute Gasteiger partial charge is 0.219 e. The molecule has 0 unspecified atom stereocenters. The molecule has 0 aliphatic heterocycles. The van der Waals surface area contributed by atoms with Crippen LogP contribution in [0.1, 0.15) is 16.7 Å². The monoisotopic (exact) mass is 422 g/mol.